The maximum atomic E-state index is 8.81. The number of benzene rings is 1. The highest BCUT2D eigenvalue weighted by Gasteiger charge is 2.05. The summed E-state index contributed by atoms with van der Waals surface area (Å²) in [6.45, 7) is 0. The number of para-hydroxylation sites is 1. The van der Waals surface area contributed by atoms with Gasteiger partial charge in [0.2, 0.25) is 5.88 Å². The maximum absolute atomic E-state index is 8.81. The summed E-state index contributed by atoms with van der Waals surface area (Å²) in [7, 11) is 0. The van der Waals surface area contributed by atoms with Crippen LogP contribution in [0.2, 0.25) is 5.15 Å². The topological polar surface area (TPSA) is 45.9 Å². The lowest BCUT2D eigenvalue weighted by Crippen LogP contribution is -1.91. The SMILES string of the molecule is N#Cc1cc(Cl)nc(Oc2ccccc2I)c1. The van der Waals surface area contributed by atoms with Gasteiger partial charge in [-0.1, -0.05) is 23.7 Å². The molecule has 1 aromatic carbocycles. The number of pyridine rings is 1. The first-order chi connectivity index (χ1) is 8.19. The molecule has 1 aromatic heterocycles. The van der Waals surface area contributed by atoms with Crippen LogP contribution in [0.5, 0.6) is 11.6 Å². The Labute approximate surface area is 117 Å². The number of hydrogen-bond acceptors (Lipinski definition) is 3. The van der Waals surface area contributed by atoms with Crippen LogP contribution in [0, 0.1) is 14.9 Å². The van der Waals surface area contributed by atoms with E-state index in [1.807, 2.05) is 30.3 Å². The van der Waals surface area contributed by atoms with Crippen molar-refractivity contribution in [2.75, 3.05) is 0 Å². The Bertz CT molecular complexity index is 595. The molecule has 0 aliphatic heterocycles. The van der Waals surface area contributed by atoms with E-state index >= 15 is 0 Å². The smallest absolute Gasteiger partial charge is 0.222 e. The maximum Gasteiger partial charge on any atom is 0.222 e. The van der Waals surface area contributed by atoms with E-state index in [4.69, 9.17) is 21.6 Å². The van der Waals surface area contributed by atoms with E-state index < -0.39 is 0 Å². The first-order valence-electron chi connectivity index (χ1n) is 4.69. The standard InChI is InChI=1S/C12H6ClIN2O/c13-11-5-8(7-15)6-12(16-11)17-10-4-2-1-3-9(10)14/h1-6H. The third-order valence-corrected chi connectivity index (χ3v) is 3.04. The second kappa shape index (κ2) is 5.34. The van der Waals surface area contributed by atoms with Gasteiger partial charge in [-0.05, 0) is 40.8 Å². The fourth-order valence-corrected chi connectivity index (χ4v) is 1.93. The van der Waals surface area contributed by atoms with Crippen molar-refractivity contribution in [1.29, 1.82) is 5.26 Å². The zero-order chi connectivity index (χ0) is 12.3. The third kappa shape index (κ3) is 3.08. The molecule has 84 valence electrons. The molecule has 0 unspecified atom stereocenters. The van der Waals surface area contributed by atoms with Crippen molar-refractivity contribution in [3.63, 3.8) is 0 Å². The lowest BCUT2D eigenvalue weighted by molar-refractivity contribution is 0.460. The summed E-state index contributed by atoms with van der Waals surface area (Å²) in [5.41, 5.74) is 0.422. The Balaban J connectivity index is 2.34. The summed E-state index contributed by atoms with van der Waals surface area (Å²) in [5, 5.41) is 9.05. The minimum absolute atomic E-state index is 0.241. The molecular formula is C12H6ClIN2O. The van der Waals surface area contributed by atoms with Crippen LogP contribution >= 0.6 is 34.2 Å². The second-order valence-corrected chi connectivity index (χ2v) is 4.71. The molecule has 17 heavy (non-hydrogen) atoms. The molecule has 3 nitrogen and oxygen atoms in total. The quantitative estimate of drug-likeness (QED) is 0.603. The summed E-state index contributed by atoms with van der Waals surface area (Å²) in [4.78, 5) is 4.01. The summed E-state index contributed by atoms with van der Waals surface area (Å²) >= 11 is 7.95. The number of halogens is 2. The number of nitriles is 1. The number of aromatic nitrogens is 1. The predicted molar refractivity (Wildman–Crippen MR) is 73.2 cm³/mol. The third-order valence-electron chi connectivity index (χ3n) is 1.95. The fraction of sp³-hybridized carbons (Fsp3) is 0. The Morgan fingerprint density at radius 1 is 1.29 bits per heavy atom. The molecule has 5 heteroatoms. The predicted octanol–water partition coefficient (Wildman–Crippen LogP) is 4.00. The first kappa shape index (κ1) is 12.1. The van der Waals surface area contributed by atoms with Gasteiger partial charge in [-0.15, -0.1) is 0 Å². The largest absolute Gasteiger partial charge is 0.438 e. The zero-order valence-corrected chi connectivity index (χ0v) is 11.4. The van der Waals surface area contributed by atoms with Gasteiger partial charge in [0.25, 0.3) is 0 Å². The van der Waals surface area contributed by atoms with Crippen molar-refractivity contribution in [1.82, 2.24) is 4.98 Å². The number of ether oxygens (including phenoxy) is 1. The van der Waals surface area contributed by atoms with E-state index in [2.05, 4.69) is 27.6 Å². The van der Waals surface area contributed by atoms with Crippen LogP contribution in [0.15, 0.2) is 36.4 Å². The monoisotopic (exact) mass is 356 g/mol. The summed E-state index contributed by atoms with van der Waals surface area (Å²) in [6, 6.07) is 12.6. The van der Waals surface area contributed by atoms with Crippen LogP contribution in [-0.4, -0.2) is 4.98 Å². The van der Waals surface area contributed by atoms with Gasteiger partial charge in [0.15, 0.2) is 0 Å². The van der Waals surface area contributed by atoms with Crippen LogP contribution in [-0.2, 0) is 0 Å². The Morgan fingerprint density at radius 2 is 2.06 bits per heavy atom. The second-order valence-electron chi connectivity index (χ2n) is 3.16. The van der Waals surface area contributed by atoms with Gasteiger partial charge in [0.1, 0.15) is 10.9 Å². The van der Waals surface area contributed by atoms with E-state index in [1.165, 1.54) is 6.07 Å². The van der Waals surface area contributed by atoms with Crippen LogP contribution in [0.25, 0.3) is 0 Å². The van der Waals surface area contributed by atoms with E-state index in [9.17, 15) is 0 Å². The minimum Gasteiger partial charge on any atom is -0.438 e. The highest BCUT2D eigenvalue weighted by atomic mass is 127. The van der Waals surface area contributed by atoms with E-state index in [0.717, 1.165) is 3.57 Å². The van der Waals surface area contributed by atoms with Crippen LogP contribution in [0.4, 0.5) is 0 Å². The van der Waals surface area contributed by atoms with Crippen LogP contribution < -0.4 is 4.74 Å². The molecule has 0 saturated heterocycles. The van der Waals surface area contributed by atoms with Crippen molar-refractivity contribution in [2.45, 2.75) is 0 Å². The van der Waals surface area contributed by atoms with Crippen molar-refractivity contribution in [2.24, 2.45) is 0 Å². The number of nitrogens with zero attached hydrogens (tertiary/aromatic N) is 2. The summed E-state index contributed by atoms with van der Waals surface area (Å²) < 4.78 is 6.54. The van der Waals surface area contributed by atoms with Gasteiger partial charge in [0.05, 0.1) is 15.2 Å². The van der Waals surface area contributed by atoms with E-state index in [1.54, 1.807) is 6.07 Å². The molecule has 0 fully saturated rings. The summed E-state index contributed by atoms with van der Waals surface area (Å²) in [5.74, 6) is 1.00. The van der Waals surface area contributed by atoms with Crippen LogP contribution in [0.1, 0.15) is 5.56 Å². The fourth-order valence-electron chi connectivity index (χ4n) is 1.23. The average Bonchev–Trinajstić information content (AvgIpc) is 2.31. The molecule has 2 rings (SSSR count). The zero-order valence-electron chi connectivity index (χ0n) is 8.52. The molecule has 0 radical (unpaired) electrons. The van der Waals surface area contributed by atoms with Crippen LogP contribution in [0.3, 0.4) is 0 Å². The molecular weight excluding hydrogens is 351 g/mol. The van der Waals surface area contributed by atoms with Crippen molar-refractivity contribution >= 4 is 34.2 Å². The van der Waals surface area contributed by atoms with Gasteiger partial charge in [-0.25, -0.2) is 4.98 Å². The number of rotatable bonds is 2. The molecule has 0 N–H and O–H groups in total. The molecule has 1 heterocycles. The normalized spacial score (nSPS) is 9.71. The Kier molecular flexibility index (Phi) is 3.82. The molecule has 2 aromatic rings. The Hall–Kier alpha value is -1.32. The van der Waals surface area contributed by atoms with E-state index in [-0.39, 0.29) is 5.15 Å². The molecule has 0 spiro atoms. The lowest BCUT2D eigenvalue weighted by Gasteiger charge is -2.06. The van der Waals surface area contributed by atoms with Gasteiger partial charge < -0.3 is 4.74 Å². The number of hydrogen-bond donors (Lipinski definition) is 0. The summed E-state index contributed by atoms with van der Waals surface area (Å²) in [6.07, 6.45) is 0. The van der Waals surface area contributed by atoms with Crippen molar-refractivity contribution in [3.8, 4) is 17.7 Å². The molecule has 0 atom stereocenters. The molecule has 0 bridgehead atoms. The average molecular weight is 357 g/mol. The lowest BCUT2D eigenvalue weighted by atomic mass is 10.3. The minimum atomic E-state index is 0.241. The van der Waals surface area contributed by atoms with E-state index in [0.29, 0.717) is 17.2 Å². The van der Waals surface area contributed by atoms with Crippen molar-refractivity contribution in [3.05, 3.63) is 50.7 Å². The highest BCUT2D eigenvalue weighted by molar-refractivity contribution is 14.1. The van der Waals surface area contributed by atoms with Gasteiger partial charge in [0, 0.05) is 6.07 Å². The Morgan fingerprint density at radius 3 is 2.76 bits per heavy atom. The highest BCUT2D eigenvalue weighted by Crippen LogP contribution is 2.26. The van der Waals surface area contributed by atoms with Gasteiger partial charge in [-0.3, -0.25) is 0 Å². The van der Waals surface area contributed by atoms with Crippen molar-refractivity contribution < 1.29 is 4.74 Å². The van der Waals surface area contributed by atoms with Gasteiger partial charge >= 0.3 is 0 Å². The molecule has 0 aliphatic carbocycles. The molecule has 0 saturated carbocycles. The van der Waals surface area contributed by atoms with Gasteiger partial charge in [-0.2, -0.15) is 5.26 Å². The molecule has 0 aliphatic rings. The first-order valence-corrected chi connectivity index (χ1v) is 6.15. The molecule has 0 amide bonds.